The van der Waals surface area contributed by atoms with Gasteiger partial charge in [-0.2, -0.15) is 0 Å². The standard InChI is InChI=1S/C16H13BrF3NO3/c17-12-5-10(6-14-15(12)23-9-22-14)7-21-8-11-3-1-2-4-13(11)24-16(18,19)20/h1-6,21H,7-9H2. The first-order chi connectivity index (χ1) is 11.4. The van der Waals surface area contributed by atoms with Gasteiger partial charge in [-0.05, 0) is 39.7 Å². The van der Waals surface area contributed by atoms with Crippen molar-refractivity contribution in [3.05, 3.63) is 52.0 Å². The molecule has 0 saturated carbocycles. The topological polar surface area (TPSA) is 39.7 Å². The summed E-state index contributed by atoms with van der Waals surface area (Å²) in [4.78, 5) is 0. The van der Waals surface area contributed by atoms with Crippen LogP contribution in [-0.2, 0) is 13.1 Å². The zero-order valence-electron chi connectivity index (χ0n) is 12.3. The summed E-state index contributed by atoms with van der Waals surface area (Å²) in [5.41, 5.74) is 1.34. The third kappa shape index (κ3) is 4.12. The van der Waals surface area contributed by atoms with E-state index in [1.165, 1.54) is 12.1 Å². The van der Waals surface area contributed by atoms with Crippen molar-refractivity contribution in [2.24, 2.45) is 0 Å². The van der Waals surface area contributed by atoms with E-state index in [0.29, 0.717) is 23.6 Å². The molecule has 0 aliphatic carbocycles. The Labute approximate surface area is 144 Å². The van der Waals surface area contributed by atoms with E-state index >= 15 is 0 Å². The molecule has 0 unspecified atom stereocenters. The van der Waals surface area contributed by atoms with E-state index in [2.05, 4.69) is 26.0 Å². The second-order valence-electron chi connectivity index (χ2n) is 5.07. The molecule has 1 aliphatic heterocycles. The molecule has 1 heterocycles. The van der Waals surface area contributed by atoms with Gasteiger partial charge in [0, 0.05) is 18.7 Å². The van der Waals surface area contributed by atoms with Crippen molar-refractivity contribution in [3.8, 4) is 17.2 Å². The van der Waals surface area contributed by atoms with Crippen LogP contribution < -0.4 is 19.5 Å². The molecule has 128 valence electrons. The van der Waals surface area contributed by atoms with Gasteiger partial charge in [0.25, 0.3) is 0 Å². The van der Waals surface area contributed by atoms with Crippen molar-refractivity contribution in [2.75, 3.05) is 6.79 Å². The van der Waals surface area contributed by atoms with E-state index in [4.69, 9.17) is 9.47 Å². The molecule has 8 heteroatoms. The van der Waals surface area contributed by atoms with Crippen molar-refractivity contribution in [1.29, 1.82) is 0 Å². The van der Waals surface area contributed by atoms with Crippen molar-refractivity contribution in [1.82, 2.24) is 5.32 Å². The van der Waals surface area contributed by atoms with Crippen molar-refractivity contribution >= 4 is 15.9 Å². The molecule has 1 aliphatic rings. The van der Waals surface area contributed by atoms with E-state index in [9.17, 15) is 13.2 Å². The zero-order valence-corrected chi connectivity index (χ0v) is 13.9. The van der Waals surface area contributed by atoms with Gasteiger partial charge >= 0.3 is 6.36 Å². The van der Waals surface area contributed by atoms with Crippen LogP contribution in [0.15, 0.2) is 40.9 Å². The van der Waals surface area contributed by atoms with Gasteiger partial charge in [-0.1, -0.05) is 18.2 Å². The van der Waals surface area contributed by atoms with Gasteiger partial charge in [-0.25, -0.2) is 0 Å². The van der Waals surface area contributed by atoms with Crippen LogP contribution in [0.25, 0.3) is 0 Å². The Morgan fingerprint density at radius 3 is 2.71 bits per heavy atom. The summed E-state index contributed by atoms with van der Waals surface area (Å²) in [5, 5.41) is 3.10. The molecule has 0 bridgehead atoms. The second-order valence-corrected chi connectivity index (χ2v) is 5.92. The van der Waals surface area contributed by atoms with Crippen molar-refractivity contribution in [3.63, 3.8) is 0 Å². The largest absolute Gasteiger partial charge is 0.573 e. The van der Waals surface area contributed by atoms with Crippen molar-refractivity contribution < 1.29 is 27.4 Å². The summed E-state index contributed by atoms with van der Waals surface area (Å²) in [6.45, 7) is 0.862. The van der Waals surface area contributed by atoms with E-state index in [1.807, 2.05) is 12.1 Å². The third-order valence-electron chi connectivity index (χ3n) is 3.33. The number of rotatable bonds is 5. The first kappa shape index (κ1) is 16.9. The number of ether oxygens (including phenoxy) is 3. The lowest BCUT2D eigenvalue weighted by molar-refractivity contribution is -0.274. The molecule has 0 amide bonds. The summed E-state index contributed by atoms with van der Waals surface area (Å²) in [5.74, 6) is 1.09. The normalized spacial score (nSPS) is 13.2. The smallest absolute Gasteiger partial charge is 0.454 e. The maximum absolute atomic E-state index is 12.4. The van der Waals surface area contributed by atoms with Crippen LogP contribution in [-0.4, -0.2) is 13.2 Å². The van der Waals surface area contributed by atoms with Crippen LogP contribution in [0.5, 0.6) is 17.2 Å². The van der Waals surface area contributed by atoms with E-state index < -0.39 is 6.36 Å². The molecule has 24 heavy (non-hydrogen) atoms. The van der Waals surface area contributed by atoms with Gasteiger partial charge < -0.3 is 19.5 Å². The second kappa shape index (κ2) is 6.90. The molecular weight excluding hydrogens is 391 g/mol. The Morgan fingerprint density at radius 1 is 1.12 bits per heavy atom. The van der Waals surface area contributed by atoms with E-state index in [0.717, 1.165) is 10.0 Å². The number of hydrogen-bond acceptors (Lipinski definition) is 4. The molecule has 3 rings (SSSR count). The van der Waals surface area contributed by atoms with Gasteiger partial charge in [-0.15, -0.1) is 13.2 Å². The minimum Gasteiger partial charge on any atom is -0.454 e. The van der Waals surface area contributed by atoms with Crippen LogP contribution in [0, 0.1) is 0 Å². The van der Waals surface area contributed by atoms with Crippen LogP contribution in [0.4, 0.5) is 13.2 Å². The number of benzene rings is 2. The number of para-hydroxylation sites is 1. The molecule has 0 spiro atoms. The van der Waals surface area contributed by atoms with Crippen LogP contribution in [0.3, 0.4) is 0 Å². The highest BCUT2D eigenvalue weighted by Crippen LogP contribution is 2.40. The number of halogens is 4. The fourth-order valence-corrected chi connectivity index (χ4v) is 2.94. The molecule has 2 aromatic carbocycles. The SMILES string of the molecule is FC(F)(F)Oc1ccccc1CNCc1cc(Br)c2c(c1)OCO2. The first-order valence-electron chi connectivity index (χ1n) is 7.05. The molecule has 1 N–H and O–H groups in total. The highest BCUT2D eigenvalue weighted by atomic mass is 79.9. The molecule has 0 aromatic heterocycles. The Morgan fingerprint density at radius 2 is 1.92 bits per heavy atom. The molecule has 0 atom stereocenters. The third-order valence-corrected chi connectivity index (χ3v) is 3.92. The number of nitrogens with one attached hydrogen (secondary N) is 1. The maximum atomic E-state index is 12.4. The Balaban J connectivity index is 1.64. The summed E-state index contributed by atoms with van der Waals surface area (Å²) in [6.07, 6.45) is -4.71. The van der Waals surface area contributed by atoms with Crippen LogP contribution in [0.2, 0.25) is 0 Å². The fourth-order valence-electron chi connectivity index (χ4n) is 2.34. The quantitative estimate of drug-likeness (QED) is 0.804. The Hall–Kier alpha value is -1.93. The molecule has 0 saturated heterocycles. The lowest BCUT2D eigenvalue weighted by Crippen LogP contribution is -2.20. The number of fused-ring (bicyclic) bond motifs is 1. The lowest BCUT2D eigenvalue weighted by Gasteiger charge is -2.14. The van der Waals surface area contributed by atoms with Gasteiger partial charge in [-0.3, -0.25) is 0 Å². The first-order valence-corrected chi connectivity index (χ1v) is 7.84. The van der Waals surface area contributed by atoms with E-state index in [-0.39, 0.29) is 19.1 Å². The summed E-state index contributed by atoms with van der Waals surface area (Å²) >= 11 is 3.40. The predicted molar refractivity (Wildman–Crippen MR) is 83.9 cm³/mol. The highest BCUT2D eigenvalue weighted by Gasteiger charge is 2.31. The fraction of sp³-hybridized carbons (Fsp3) is 0.250. The predicted octanol–water partition coefficient (Wildman–Crippen LogP) is 4.37. The van der Waals surface area contributed by atoms with Crippen molar-refractivity contribution in [2.45, 2.75) is 19.5 Å². The Kier molecular flexibility index (Phi) is 4.86. The molecule has 2 aromatic rings. The summed E-state index contributed by atoms with van der Waals surface area (Å²) in [7, 11) is 0. The molecule has 4 nitrogen and oxygen atoms in total. The molecule has 0 radical (unpaired) electrons. The average molecular weight is 404 g/mol. The van der Waals surface area contributed by atoms with Gasteiger partial charge in [0.15, 0.2) is 11.5 Å². The zero-order chi connectivity index (χ0) is 17.2. The minimum atomic E-state index is -4.71. The number of alkyl halides is 3. The Bertz CT molecular complexity index is 737. The van der Waals surface area contributed by atoms with Gasteiger partial charge in [0.1, 0.15) is 5.75 Å². The van der Waals surface area contributed by atoms with Crippen LogP contribution >= 0.6 is 15.9 Å². The summed E-state index contributed by atoms with van der Waals surface area (Å²) in [6, 6.07) is 9.75. The van der Waals surface area contributed by atoms with Gasteiger partial charge in [0.2, 0.25) is 6.79 Å². The van der Waals surface area contributed by atoms with Gasteiger partial charge in [0.05, 0.1) is 4.47 Å². The number of hydrogen-bond donors (Lipinski definition) is 1. The minimum absolute atomic E-state index is 0.174. The lowest BCUT2D eigenvalue weighted by atomic mass is 10.1. The van der Waals surface area contributed by atoms with E-state index in [1.54, 1.807) is 12.1 Å². The molecular formula is C16H13BrF3NO3. The average Bonchev–Trinajstić information content (AvgIpc) is 2.96. The highest BCUT2D eigenvalue weighted by molar-refractivity contribution is 9.10. The molecule has 0 fully saturated rings. The monoisotopic (exact) mass is 403 g/mol. The maximum Gasteiger partial charge on any atom is 0.573 e. The van der Waals surface area contributed by atoms with Crippen LogP contribution in [0.1, 0.15) is 11.1 Å². The summed E-state index contributed by atoms with van der Waals surface area (Å²) < 4.78 is 52.7.